The van der Waals surface area contributed by atoms with E-state index in [0.717, 1.165) is 11.1 Å². The van der Waals surface area contributed by atoms with Gasteiger partial charge in [-0.3, -0.25) is 0 Å². The van der Waals surface area contributed by atoms with Gasteiger partial charge in [0.2, 0.25) is 0 Å². The smallest absolute Gasteiger partial charge is 0.250 e. The van der Waals surface area contributed by atoms with Crippen LogP contribution in [0.5, 0.6) is 5.75 Å². The topological polar surface area (TPSA) is 73.1 Å². The SMILES string of the molecule is CC(C)(C)c1cccc(Cl)c1COc1cnc(-n2ccc(CO)n2)nc1. The largest absolute Gasteiger partial charge is 0.486 e. The van der Waals surface area contributed by atoms with Crippen LogP contribution in [0.2, 0.25) is 5.02 Å². The Morgan fingerprint density at radius 3 is 2.50 bits per heavy atom. The number of hydrogen-bond donors (Lipinski definition) is 1. The van der Waals surface area contributed by atoms with E-state index in [1.807, 2.05) is 12.1 Å². The zero-order valence-corrected chi connectivity index (χ0v) is 15.7. The lowest BCUT2D eigenvalue weighted by Gasteiger charge is -2.23. The van der Waals surface area contributed by atoms with E-state index in [-0.39, 0.29) is 12.0 Å². The van der Waals surface area contributed by atoms with Gasteiger partial charge in [0.05, 0.1) is 24.7 Å². The minimum absolute atomic E-state index is 0.0333. The van der Waals surface area contributed by atoms with Crippen molar-refractivity contribution in [3.8, 4) is 11.7 Å². The van der Waals surface area contributed by atoms with Crippen molar-refractivity contribution in [2.75, 3.05) is 0 Å². The third-order valence-electron chi connectivity index (χ3n) is 3.94. The number of nitrogens with zero attached hydrogens (tertiary/aromatic N) is 4. The second-order valence-electron chi connectivity index (χ2n) is 6.93. The summed E-state index contributed by atoms with van der Waals surface area (Å²) in [4.78, 5) is 8.50. The lowest BCUT2D eigenvalue weighted by Crippen LogP contribution is -2.15. The van der Waals surface area contributed by atoms with Crippen molar-refractivity contribution in [2.45, 2.75) is 39.4 Å². The van der Waals surface area contributed by atoms with Gasteiger partial charge in [0.25, 0.3) is 5.95 Å². The molecule has 0 saturated heterocycles. The molecule has 0 fully saturated rings. The first-order valence-electron chi connectivity index (χ1n) is 8.27. The number of benzene rings is 1. The van der Waals surface area contributed by atoms with E-state index in [0.29, 0.717) is 29.0 Å². The molecule has 0 aliphatic heterocycles. The van der Waals surface area contributed by atoms with E-state index >= 15 is 0 Å². The predicted octanol–water partition coefficient (Wildman–Crippen LogP) is 3.68. The number of aliphatic hydroxyl groups excluding tert-OH is 1. The Hall–Kier alpha value is -2.44. The second kappa shape index (κ2) is 7.43. The molecule has 0 spiro atoms. The van der Waals surface area contributed by atoms with Crippen LogP contribution in [0.25, 0.3) is 5.95 Å². The molecule has 26 heavy (non-hydrogen) atoms. The van der Waals surface area contributed by atoms with Crippen LogP contribution >= 0.6 is 11.6 Å². The number of aromatic nitrogens is 4. The fraction of sp³-hybridized carbons (Fsp3) is 0.316. The Morgan fingerprint density at radius 2 is 1.88 bits per heavy atom. The molecule has 0 atom stereocenters. The Morgan fingerprint density at radius 1 is 1.15 bits per heavy atom. The van der Waals surface area contributed by atoms with Gasteiger partial charge in [-0.1, -0.05) is 44.5 Å². The highest BCUT2D eigenvalue weighted by Gasteiger charge is 2.20. The van der Waals surface area contributed by atoms with E-state index in [2.05, 4.69) is 41.9 Å². The lowest BCUT2D eigenvalue weighted by atomic mass is 9.84. The summed E-state index contributed by atoms with van der Waals surface area (Å²) in [5.74, 6) is 0.952. The molecule has 3 aromatic rings. The Bertz CT molecular complexity index is 885. The van der Waals surface area contributed by atoms with Crippen LogP contribution in [0, 0.1) is 0 Å². The van der Waals surface area contributed by atoms with Gasteiger partial charge in [-0.15, -0.1) is 0 Å². The second-order valence-corrected chi connectivity index (χ2v) is 7.34. The summed E-state index contributed by atoms with van der Waals surface area (Å²) in [5.41, 5.74) is 2.64. The molecule has 0 saturated carbocycles. The molecule has 0 aliphatic rings. The molecule has 1 aromatic carbocycles. The number of rotatable bonds is 5. The lowest BCUT2D eigenvalue weighted by molar-refractivity contribution is 0.276. The summed E-state index contributed by atoms with van der Waals surface area (Å²) in [7, 11) is 0. The van der Waals surface area contributed by atoms with Gasteiger partial charge in [-0.25, -0.2) is 14.6 Å². The molecule has 1 N–H and O–H groups in total. The first kappa shape index (κ1) is 18.4. The summed E-state index contributed by atoms with van der Waals surface area (Å²) in [6, 6.07) is 7.60. The van der Waals surface area contributed by atoms with Gasteiger partial charge in [0, 0.05) is 16.8 Å². The van der Waals surface area contributed by atoms with E-state index in [1.165, 1.54) is 4.68 Å². The molecule has 0 unspecified atom stereocenters. The highest BCUT2D eigenvalue weighted by molar-refractivity contribution is 6.31. The van der Waals surface area contributed by atoms with Crippen molar-refractivity contribution in [1.82, 2.24) is 19.7 Å². The van der Waals surface area contributed by atoms with Crippen LogP contribution in [0.4, 0.5) is 0 Å². The zero-order chi connectivity index (χ0) is 18.7. The van der Waals surface area contributed by atoms with Crippen LogP contribution in [-0.2, 0) is 18.6 Å². The summed E-state index contributed by atoms with van der Waals surface area (Å²) in [6.07, 6.45) is 4.88. The standard InChI is InChI=1S/C19H21ClN4O2/c1-19(2,3)16-5-4-6-17(20)15(16)12-26-14-9-21-18(22-10-14)24-8-7-13(11-25)23-24/h4-10,25H,11-12H2,1-3H3. The normalized spacial score (nSPS) is 11.6. The van der Waals surface area contributed by atoms with Crippen molar-refractivity contribution in [3.05, 3.63) is 64.7 Å². The maximum atomic E-state index is 9.07. The van der Waals surface area contributed by atoms with Gasteiger partial charge in [0.1, 0.15) is 6.61 Å². The average molecular weight is 373 g/mol. The Kier molecular flexibility index (Phi) is 5.25. The van der Waals surface area contributed by atoms with Gasteiger partial charge in [-0.05, 0) is 23.1 Å². The van der Waals surface area contributed by atoms with Crippen LogP contribution in [-0.4, -0.2) is 24.9 Å². The molecule has 6 nitrogen and oxygen atoms in total. The van der Waals surface area contributed by atoms with Crippen molar-refractivity contribution >= 4 is 11.6 Å². The molecule has 0 amide bonds. The van der Waals surface area contributed by atoms with Gasteiger partial charge < -0.3 is 9.84 Å². The number of halogens is 1. The molecular formula is C19H21ClN4O2. The summed E-state index contributed by atoms with van der Waals surface area (Å²) in [6.45, 7) is 6.65. The van der Waals surface area contributed by atoms with E-state index in [9.17, 15) is 0 Å². The predicted molar refractivity (Wildman–Crippen MR) is 99.6 cm³/mol. The van der Waals surface area contributed by atoms with Crippen LogP contribution in [0.3, 0.4) is 0 Å². The third kappa shape index (κ3) is 4.03. The molecule has 136 valence electrons. The van der Waals surface area contributed by atoms with Crippen LogP contribution in [0.15, 0.2) is 42.9 Å². The molecule has 0 radical (unpaired) electrons. The van der Waals surface area contributed by atoms with Gasteiger partial charge in [0.15, 0.2) is 5.75 Å². The van der Waals surface area contributed by atoms with Crippen molar-refractivity contribution in [1.29, 1.82) is 0 Å². The Labute approximate surface area is 157 Å². The molecule has 3 rings (SSSR count). The maximum Gasteiger partial charge on any atom is 0.250 e. The quantitative estimate of drug-likeness (QED) is 0.739. The highest BCUT2D eigenvalue weighted by atomic mass is 35.5. The fourth-order valence-electron chi connectivity index (χ4n) is 2.62. The summed E-state index contributed by atoms with van der Waals surface area (Å²) < 4.78 is 7.35. The zero-order valence-electron chi connectivity index (χ0n) is 15.0. The number of ether oxygens (including phenoxy) is 1. The Balaban J connectivity index is 1.75. The van der Waals surface area contributed by atoms with Gasteiger partial charge in [-0.2, -0.15) is 5.10 Å². The number of hydrogen-bond acceptors (Lipinski definition) is 5. The summed E-state index contributed by atoms with van der Waals surface area (Å²) >= 11 is 6.38. The van der Waals surface area contributed by atoms with Crippen molar-refractivity contribution in [3.63, 3.8) is 0 Å². The molecule has 7 heteroatoms. The molecule has 2 heterocycles. The van der Waals surface area contributed by atoms with Crippen LogP contribution in [0.1, 0.15) is 37.6 Å². The van der Waals surface area contributed by atoms with Crippen molar-refractivity contribution < 1.29 is 9.84 Å². The number of aliphatic hydroxyl groups is 1. The molecule has 0 bridgehead atoms. The minimum Gasteiger partial charge on any atom is -0.486 e. The highest BCUT2D eigenvalue weighted by Crippen LogP contribution is 2.31. The maximum absolute atomic E-state index is 9.07. The monoisotopic (exact) mass is 372 g/mol. The summed E-state index contributed by atoms with van der Waals surface area (Å²) in [5, 5.41) is 13.9. The van der Waals surface area contributed by atoms with E-state index < -0.39 is 0 Å². The average Bonchev–Trinajstić information content (AvgIpc) is 3.09. The third-order valence-corrected chi connectivity index (χ3v) is 4.29. The van der Waals surface area contributed by atoms with E-state index in [1.54, 1.807) is 24.7 Å². The van der Waals surface area contributed by atoms with Crippen LogP contribution < -0.4 is 4.74 Å². The van der Waals surface area contributed by atoms with E-state index in [4.69, 9.17) is 21.4 Å². The molecule has 0 aliphatic carbocycles. The molecular weight excluding hydrogens is 352 g/mol. The minimum atomic E-state index is -0.123. The molecule has 2 aromatic heterocycles. The fourth-order valence-corrected chi connectivity index (χ4v) is 2.85. The first-order chi connectivity index (χ1) is 12.4. The van der Waals surface area contributed by atoms with Gasteiger partial charge >= 0.3 is 0 Å². The van der Waals surface area contributed by atoms with Crippen molar-refractivity contribution in [2.24, 2.45) is 0 Å². The first-order valence-corrected chi connectivity index (χ1v) is 8.65.